The second kappa shape index (κ2) is 5.72. The largest absolute Gasteiger partial charge is 0.361 e. The second-order valence-corrected chi connectivity index (χ2v) is 7.70. The molecule has 0 bridgehead atoms. The number of carbonyl (C=O) groups excluding carboxylic acids is 2. The van der Waals surface area contributed by atoms with Gasteiger partial charge in [-0.2, -0.15) is 0 Å². The van der Waals surface area contributed by atoms with E-state index in [1.165, 1.54) is 10.5 Å². The van der Waals surface area contributed by atoms with Gasteiger partial charge in [0, 0.05) is 6.07 Å². The molecule has 1 aromatic carbocycles. The van der Waals surface area contributed by atoms with Crippen molar-refractivity contribution in [3.05, 3.63) is 52.9 Å². The summed E-state index contributed by atoms with van der Waals surface area (Å²) in [6.45, 7) is 9.99. The maximum atomic E-state index is 12.9. The first-order valence-electron chi connectivity index (χ1n) is 8.28. The molecular weight excluding hydrogens is 318 g/mol. The van der Waals surface area contributed by atoms with Crippen molar-refractivity contribution in [3.63, 3.8) is 0 Å². The fraction of sp³-hybridized carbons (Fsp3) is 0.421. The molecule has 3 amide bonds. The maximum absolute atomic E-state index is 12.9. The van der Waals surface area contributed by atoms with Crippen LogP contribution in [-0.4, -0.2) is 22.0 Å². The Balaban J connectivity index is 1.86. The minimum atomic E-state index is -1.08. The first kappa shape index (κ1) is 17.2. The van der Waals surface area contributed by atoms with Gasteiger partial charge in [0.15, 0.2) is 0 Å². The average Bonchev–Trinajstić information content (AvgIpc) is 3.04. The number of benzene rings is 1. The molecule has 132 valence electrons. The Bertz CT molecular complexity index is 817. The van der Waals surface area contributed by atoms with Gasteiger partial charge in [-0.15, -0.1) is 0 Å². The van der Waals surface area contributed by atoms with Crippen LogP contribution in [0.2, 0.25) is 0 Å². The van der Waals surface area contributed by atoms with Gasteiger partial charge < -0.3 is 9.84 Å². The highest BCUT2D eigenvalue weighted by atomic mass is 16.5. The van der Waals surface area contributed by atoms with Gasteiger partial charge in [0.2, 0.25) is 0 Å². The van der Waals surface area contributed by atoms with Gasteiger partial charge in [-0.05, 0) is 30.4 Å². The zero-order valence-corrected chi connectivity index (χ0v) is 15.2. The average molecular weight is 341 g/mol. The number of nitrogens with zero attached hydrogens (tertiary/aromatic N) is 2. The number of aryl methyl sites for hydroxylation is 1. The molecule has 1 N–H and O–H groups in total. The minimum absolute atomic E-state index is 0.0270. The van der Waals surface area contributed by atoms with E-state index >= 15 is 0 Å². The summed E-state index contributed by atoms with van der Waals surface area (Å²) >= 11 is 0. The maximum Gasteiger partial charge on any atom is 0.325 e. The lowest BCUT2D eigenvalue weighted by Crippen LogP contribution is -2.40. The van der Waals surface area contributed by atoms with Gasteiger partial charge in [-0.1, -0.05) is 50.2 Å². The summed E-state index contributed by atoms with van der Waals surface area (Å²) in [6, 6.07) is 9.11. The van der Waals surface area contributed by atoms with Gasteiger partial charge >= 0.3 is 6.03 Å². The molecule has 1 aliphatic heterocycles. The van der Waals surface area contributed by atoms with Crippen molar-refractivity contribution < 1.29 is 14.1 Å². The molecule has 3 rings (SSSR count). The molecule has 1 atom stereocenters. The first-order valence-corrected chi connectivity index (χ1v) is 8.28. The Morgan fingerprint density at radius 3 is 2.36 bits per heavy atom. The number of rotatable bonds is 3. The quantitative estimate of drug-likeness (QED) is 0.870. The fourth-order valence-corrected chi connectivity index (χ4v) is 2.99. The van der Waals surface area contributed by atoms with Gasteiger partial charge in [-0.3, -0.25) is 9.69 Å². The Morgan fingerprint density at radius 2 is 1.84 bits per heavy atom. The van der Waals surface area contributed by atoms with Crippen LogP contribution in [0, 0.1) is 6.92 Å². The third-order valence-corrected chi connectivity index (χ3v) is 4.60. The van der Waals surface area contributed by atoms with E-state index in [-0.39, 0.29) is 17.9 Å². The van der Waals surface area contributed by atoms with E-state index in [0.29, 0.717) is 11.5 Å². The van der Waals surface area contributed by atoms with Crippen LogP contribution in [-0.2, 0) is 22.3 Å². The normalized spacial score (nSPS) is 20.9. The summed E-state index contributed by atoms with van der Waals surface area (Å²) in [7, 11) is 0. The van der Waals surface area contributed by atoms with Crippen molar-refractivity contribution in [2.75, 3.05) is 0 Å². The van der Waals surface area contributed by atoms with E-state index in [9.17, 15) is 9.59 Å². The topological polar surface area (TPSA) is 75.4 Å². The van der Waals surface area contributed by atoms with Crippen LogP contribution in [0.5, 0.6) is 0 Å². The summed E-state index contributed by atoms with van der Waals surface area (Å²) in [5.41, 5.74) is 1.43. The SMILES string of the molecule is Cc1cc(CN2C(=O)NC(C)(c3ccc(C(C)(C)C)cc3)C2=O)no1. The van der Waals surface area contributed by atoms with E-state index in [0.717, 1.165) is 5.56 Å². The molecule has 1 saturated heterocycles. The molecule has 1 aromatic heterocycles. The molecule has 0 radical (unpaired) electrons. The van der Waals surface area contributed by atoms with Crippen LogP contribution >= 0.6 is 0 Å². The van der Waals surface area contributed by atoms with Crippen LogP contribution in [0.4, 0.5) is 4.79 Å². The lowest BCUT2D eigenvalue weighted by molar-refractivity contribution is -0.131. The van der Waals surface area contributed by atoms with E-state index in [1.54, 1.807) is 19.9 Å². The summed E-state index contributed by atoms with van der Waals surface area (Å²) in [5.74, 6) is 0.351. The number of imide groups is 1. The van der Waals surface area contributed by atoms with E-state index in [4.69, 9.17) is 4.52 Å². The number of hydrogen-bond donors (Lipinski definition) is 1. The van der Waals surface area contributed by atoms with Gasteiger partial charge in [0.05, 0.1) is 6.54 Å². The highest BCUT2D eigenvalue weighted by Crippen LogP contribution is 2.31. The lowest BCUT2D eigenvalue weighted by Gasteiger charge is -2.24. The molecule has 1 unspecified atom stereocenters. The predicted molar refractivity (Wildman–Crippen MR) is 92.8 cm³/mol. The van der Waals surface area contributed by atoms with Crippen molar-refractivity contribution in [3.8, 4) is 0 Å². The van der Waals surface area contributed by atoms with E-state index in [2.05, 4.69) is 31.2 Å². The standard InChI is InChI=1S/C19H23N3O3/c1-12-10-15(21-25-12)11-22-16(23)19(5,20-17(22)24)14-8-6-13(7-9-14)18(2,3)4/h6-10H,11H2,1-5H3,(H,20,24). The minimum Gasteiger partial charge on any atom is -0.361 e. The van der Waals surface area contributed by atoms with Crippen LogP contribution in [0.1, 0.15) is 50.3 Å². The Hall–Kier alpha value is -2.63. The van der Waals surface area contributed by atoms with Crippen molar-refractivity contribution in [2.24, 2.45) is 0 Å². The lowest BCUT2D eigenvalue weighted by atomic mass is 9.84. The highest BCUT2D eigenvalue weighted by Gasteiger charge is 2.49. The molecule has 0 spiro atoms. The third kappa shape index (κ3) is 3.04. The molecule has 1 fully saturated rings. The number of amides is 3. The third-order valence-electron chi connectivity index (χ3n) is 4.60. The Kier molecular flexibility index (Phi) is 3.94. The molecule has 1 aliphatic rings. The number of aromatic nitrogens is 1. The molecule has 6 nitrogen and oxygen atoms in total. The van der Waals surface area contributed by atoms with Gasteiger partial charge in [-0.25, -0.2) is 4.79 Å². The van der Waals surface area contributed by atoms with Crippen LogP contribution in [0.15, 0.2) is 34.9 Å². The zero-order valence-electron chi connectivity index (χ0n) is 15.2. The smallest absolute Gasteiger partial charge is 0.325 e. The van der Waals surface area contributed by atoms with Gasteiger partial charge in [0.25, 0.3) is 5.91 Å². The van der Waals surface area contributed by atoms with Crippen LogP contribution in [0.25, 0.3) is 0 Å². The van der Waals surface area contributed by atoms with E-state index in [1.807, 2.05) is 24.3 Å². The molecule has 0 saturated carbocycles. The summed E-state index contributed by atoms with van der Waals surface area (Å²) in [5, 5.41) is 6.67. The van der Waals surface area contributed by atoms with E-state index < -0.39 is 11.6 Å². The van der Waals surface area contributed by atoms with Crippen LogP contribution in [0.3, 0.4) is 0 Å². The second-order valence-electron chi connectivity index (χ2n) is 7.70. The monoisotopic (exact) mass is 341 g/mol. The molecule has 0 aliphatic carbocycles. The number of urea groups is 1. The molecule has 2 aromatic rings. The molecular formula is C19H23N3O3. The highest BCUT2D eigenvalue weighted by molar-refractivity contribution is 6.07. The number of nitrogens with one attached hydrogen (secondary N) is 1. The zero-order chi connectivity index (χ0) is 18.4. The molecule has 6 heteroatoms. The number of hydrogen-bond acceptors (Lipinski definition) is 4. The van der Waals surface area contributed by atoms with Crippen molar-refractivity contribution >= 4 is 11.9 Å². The summed E-state index contributed by atoms with van der Waals surface area (Å²) in [4.78, 5) is 26.4. The Morgan fingerprint density at radius 1 is 1.20 bits per heavy atom. The molecule has 2 heterocycles. The van der Waals surface area contributed by atoms with Crippen molar-refractivity contribution in [2.45, 2.75) is 52.1 Å². The summed E-state index contributed by atoms with van der Waals surface area (Å²) in [6.07, 6.45) is 0. The van der Waals surface area contributed by atoms with Crippen LogP contribution < -0.4 is 5.32 Å². The Labute approximate surface area is 147 Å². The first-order chi connectivity index (χ1) is 11.6. The molecule has 25 heavy (non-hydrogen) atoms. The van der Waals surface area contributed by atoms with Crippen molar-refractivity contribution in [1.29, 1.82) is 0 Å². The number of carbonyl (C=O) groups is 2. The predicted octanol–water partition coefficient (Wildman–Crippen LogP) is 3.25. The summed E-state index contributed by atoms with van der Waals surface area (Å²) < 4.78 is 5.01. The fourth-order valence-electron chi connectivity index (χ4n) is 2.99. The van der Waals surface area contributed by atoms with Crippen molar-refractivity contribution in [1.82, 2.24) is 15.4 Å². The van der Waals surface area contributed by atoms with Gasteiger partial charge in [0.1, 0.15) is 17.0 Å².